The first-order chi connectivity index (χ1) is 27.3. The lowest BCUT2D eigenvalue weighted by Crippen LogP contribution is -2.29. The van der Waals surface area contributed by atoms with Crippen LogP contribution in [0, 0.1) is 0 Å². The minimum atomic E-state index is -0.628. The van der Waals surface area contributed by atoms with Gasteiger partial charge in [-0.05, 0) is 115 Å². The Morgan fingerprint density at radius 3 is 1.27 bits per heavy atom. The second-order valence-corrected chi connectivity index (χ2v) is 14.2. The van der Waals surface area contributed by atoms with Gasteiger partial charge in [-0.1, -0.05) is 158 Å². The lowest BCUT2D eigenvalue weighted by atomic mass is 9.66. The first-order valence-corrected chi connectivity index (χ1v) is 18.8. The fourth-order valence-electron chi connectivity index (χ4n) is 8.52. The van der Waals surface area contributed by atoms with Crippen LogP contribution in [0.1, 0.15) is 22.3 Å². The number of benzene rings is 7. The number of aromatic nitrogens is 2. The average molecular weight is 701 g/mol. The van der Waals surface area contributed by atoms with Crippen LogP contribution in [0.2, 0.25) is 0 Å². The van der Waals surface area contributed by atoms with Gasteiger partial charge in [-0.25, -0.2) is 0 Å². The van der Waals surface area contributed by atoms with Crippen molar-refractivity contribution in [3.05, 3.63) is 241 Å². The summed E-state index contributed by atoms with van der Waals surface area (Å²) in [6, 6.07) is 74.4. The van der Waals surface area contributed by atoms with Crippen LogP contribution in [-0.2, 0) is 5.41 Å². The molecular formula is C53H36N2. The van der Waals surface area contributed by atoms with Crippen molar-refractivity contribution in [2.45, 2.75) is 5.41 Å². The largest absolute Gasteiger partial charge is 0.256 e. The molecule has 0 radical (unpaired) electrons. The van der Waals surface area contributed by atoms with E-state index in [1.807, 2.05) is 12.4 Å². The second-order valence-electron chi connectivity index (χ2n) is 14.2. The topological polar surface area (TPSA) is 25.8 Å². The average Bonchev–Trinajstić information content (AvgIpc) is 3.58. The fraction of sp³-hybridized carbons (Fsp3) is 0.0189. The van der Waals surface area contributed by atoms with Crippen molar-refractivity contribution < 1.29 is 0 Å². The Bertz CT molecular complexity index is 2760. The minimum absolute atomic E-state index is 0.628. The Balaban J connectivity index is 1.24. The van der Waals surface area contributed by atoms with Crippen LogP contribution in [0.4, 0.5) is 0 Å². The predicted octanol–water partition coefficient (Wildman–Crippen LogP) is 13.2. The van der Waals surface area contributed by atoms with Crippen LogP contribution < -0.4 is 0 Å². The zero-order valence-corrected chi connectivity index (χ0v) is 30.2. The molecule has 258 valence electrons. The lowest BCUT2D eigenvalue weighted by Gasteiger charge is -2.35. The molecule has 0 amide bonds. The van der Waals surface area contributed by atoms with Gasteiger partial charge in [-0.3, -0.25) is 9.97 Å². The van der Waals surface area contributed by atoms with Crippen LogP contribution in [0.3, 0.4) is 0 Å². The molecule has 7 aromatic carbocycles. The molecular weight excluding hydrogens is 665 g/mol. The fourth-order valence-corrected chi connectivity index (χ4v) is 8.52. The molecule has 0 bridgehead atoms. The number of hydrogen-bond acceptors (Lipinski definition) is 2. The molecule has 0 saturated carbocycles. The minimum Gasteiger partial charge on any atom is -0.256 e. The lowest BCUT2D eigenvalue weighted by molar-refractivity contribution is 0.769. The normalized spacial score (nSPS) is 12.5. The van der Waals surface area contributed by atoms with E-state index in [-0.39, 0.29) is 0 Å². The predicted molar refractivity (Wildman–Crippen MR) is 227 cm³/mol. The van der Waals surface area contributed by atoms with Gasteiger partial charge in [0.25, 0.3) is 0 Å². The SMILES string of the molecule is c1ccc(-c2cc(-c3cc(-c4ccccc4)ccn3)cc(C3(c4cccc(-c5cc(-c6ccccc6)ccn5)c4)c4ccccc4-c4ccccc43)c2)cc1. The molecule has 2 aromatic heterocycles. The molecule has 2 heterocycles. The Morgan fingerprint density at radius 2 is 0.709 bits per heavy atom. The van der Waals surface area contributed by atoms with Gasteiger partial charge < -0.3 is 0 Å². The van der Waals surface area contributed by atoms with E-state index in [0.717, 1.165) is 44.8 Å². The number of pyridine rings is 2. The van der Waals surface area contributed by atoms with Crippen LogP contribution in [0.25, 0.3) is 67.0 Å². The number of fused-ring (bicyclic) bond motifs is 3. The standard InChI is InChI=1S/C53H36N2/c1-4-15-37(16-5-1)40-27-29-54-51(35-40)42-21-14-22-45(32-42)53(49-25-12-10-23-47(49)48-24-11-13-26-50(48)53)46-33-43(39-19-8-3-9-20-39)31-44(34-46)52-36-41(28-30-55-52)38-17-6-2-7-18-38/h1-36H. The van der Waals surface area contributed by atoms with Crippen LogP contribution in [-0.4, -0.2) is 9.97 Å². The second kappa shape index (κ2) is 13.7. The van der Waals surface area contributed by atoms with Crippen molar-refractivity contribution in [1.29, 1.82) is 0 Å². The number of nitrogens with zero attached hydrogens (tertiary/aromatic N) is 2. The Hall–Kier alpha value is -7.16. The van der Waals surface area contributed by atoms with E-state index in [9.17, 15) is 0 Å². The van der Waals surface area contributed by atoms with Gasteiger partial charge in [0.05, 0.1) is 16.8 Å². The molecule has 9 aromatic rings. The Kier molecular flexibility index (Phi) is 8.08. The first-order valence-electron chi connectivity index (χ1n) is 18.8. The summed E-state index contributed by atoms with van der Waals surface area (Å²) in [5.74, 6) is 0. The van der Waals surface area contributed by atoms with E-state index < -0.39 is 5.41 Å². The summed E-state index contributed by atoms with van der Waals surface area (Å²) in [5.41, 5.74) is 17.8. The van der Waals surface area contributed by atoms with Gasteiger partial charge >= 0.3 is 0 Å². The van der Waals surface area contributed by atoms with Gasteiger partial charge in [0.1, 0.15) is 0 Å². The highest BCUT2D eigenvalue weighted by molar-refractivity contribution is 5.88. The maximum Gasteiger partial charge on any atom is 0.0714 e. The van der Waals surface area contributed by atoms with E-state index >= 15 is 0 Å². The van der Waals surface area contributed by atoms with E-state index in [1.54, 1.807) is 0 Å². The van der Waals surface area contributed by atoms with Crippen molar-refractivity contribution in [1.82, 2.24) is 9.97 Å². The Labute approximate surface area is 322 Å². The Morgan fingerprint density at radius 1 is 0.273 bits per heavy atom. The highest BCUT2D eigenvalue weighted by Gasteiger charge is 2.46. The van der Waals surface area contributed by atoms with Gasteiger partial charge in [0, 0.05) is 23.5 Å². The molecule has 55 heavy (non-hydrogen) atoms. The van der Waals surface area contributed by atoms with Crippen molar-refractivity contribution in [3.8, 4) is 67.0 Å². The highest BCUT2D eigenvalue weighted by atomic mass is 14.7. The quantitative estimate of drug-likeness (QED) is 0.165. The molecule has 10 rings (SSSR count). The number of rotatable bonds is 7. The van der Waals surface area contributed by atoms with Crippen molar-refractivity contribution in [2.24, 2.45) is 0 Å². The van der Waals surface area contributed by atoms with Crippen LogP contribution in [0.5, 0.6) is 0 Å². The zero-order chi connectivity index (χ0) is 36.6. The molecule has 0 unspecified atom stereocenters. The summed E-state index contributed by atoms with van der Waals surface area (Å²) in [5, 5.41) is 0. The van der Waals surface area contributed by atoms with Gasteiger partial charge in [0.2, 0.25) is 0 Å². The van der Waals surface area contributed by atoms with Crippen molar-refractivity contribution in [2.75, 3.05) is 0 Å². The van der Waals surface area contributed by atoms with Crippen molar-refractivity contribution >= 4 is 0 Å². The zero-order valence-electron chi connectivity index (χ0n) is 30.2. The molecule has 0 spiro atoms. The summed E-state index contributed by atoms with van der Waals surface area (Å²) in [4.78, 5) is 9.92. The summed E-state index contributed by atoms with van der Waals surface area (Å²) in [6.45, 7) is 0. The highest BCUT2D eigenvalue weighted by Crippen LogP contribution is 2.57. The maximum atomic E-state index is 5.00. The molecule has 2 heteroatoms. The molecule has 2 nitrogen and oxygen atoms in total. The molecule has 1 aliphatic rings. The van der Waals surface area contributed by atoms with Gasteiger partial charge in [0.15, 0.2) is 0 Å². The van der Waals surface area contributed by atoms with E-state index in [4.69, 9.17) is 9.97 Å². The molecule has 0 saturated heterocycles. The summed E-state index contributed by atoms with van der Waals surface area (Å²) >= 11 is 0. The van der Waals surface area contributed by atoms with E-state index in [0.29, 0.717) is 0 Å². The van der Waals surface area contributed by atoms with Crippen molar-refractivity contribution in [3.63, 3.8) is 0 Å². The van der Waals surface area contributed by atoms with Crippen LogP contribution >= 0.6 is 0 Å². The van der Waals surface area contributed by atoms with Gasteiger partial charge in [-0.2, -0.15) is 0 Å². The van der Waals surface area contributed by atoms with E-state index in [2.05, 4.69) is 206 Å². The number of hydrogen-bond donors (Lipinski definition) is 0. The monoisotopic (exact) mass is 700 g/mol. The van der Waals surface area contributed by atoms with Gasteiger partial charge in [-0.15, -0.1) is 0 Å². The van der Waals surface area contributed by atoms with Crippen LogP contribution in [0.15, 0.2) is 219 Å². The summed E-state index contributed by atoms with van der Waals surface area (Å²) < 4.78 is 0. The third kappa shape index (κ3) is 5.67. The third-order valence-corrected chi connectivity index (χ3v) is 11.0. The smallest absolute Gasteiger partial charge is 0.0714 e. The molecule has 0 aliphatic heterocycles. The molecule has 0 atom stereocenters. The first kappa shape index (κ1) is 32.5. The summed E-state index contributed by atoms with van der Waals surface area (Å²) in [7, 11) is 0. The maximum absolute atomic E-state index is 5.00. The van der Waals surface area contributed by atoms with E-state index in [1.165, 1.54) is 44.5 Å². The molecule has 0 N–H and O–H groups in total. The molecule has 0 fully saturated rings. The third-order valence-electron chi connectivity index (χ3n) is 11.0. The molecule has 1 aliphatic carbocycles. The summed E-state index contributed by atoms with van der Waals surface area (Å²) in [6.07, 6.45) is 3.86.